The molecule has 1 N–H and O–H groups in total. The van der Waals surface area contributed by atoms with Gasteiger partial charge >= 0.3 is 10.4 Å². The highest BCUT2D eigenvalue weighted by atomic mass is 32.3. The Morgan fingerprint density at radius 1 is 1.31 bits per heavy atom. The average Bonchev–Trinajstić information content (AvgIpc) is 1.93. The van der Waals surface area contributed by atoms with Crippen molar-refractivity contribution in [1.29, 1.82) is 0 Å². The third-order valence-corrected chi connectivity index (χ3v) is 1.77. The SMILES string of the molecule is O=S([O-])OCCCCOS(=O)(=O)O. The molecule has 0 aliphatic rings. The van der Waals surface area contributed by atoms with E-state index in [1.165, 1.54) is 0 Å². The summed E-state index contributed by atoms with van der Waals surface area (Å²) < 4.78 is 55.7. The molecular formula is C4H9O7S2-. The fourth-order valence-corrected chi connectivity index (χ4v) is 1.08. The Labute approximate surface area is 78.5 Å². The zero-order valence-corrected chi connectivity index (χ0v) is 8.17. The van der Waals surface area contributed by atoms with Crippen LogP contribution in [0.3, 0.4) is 0 Å². The van der Waals surface area contributed by atoms with Gasteiger partial charge in [-0.3, -0.25) is 4.55 Å². The lowest BCUT2D eigenvalue weighted by atomic mass is 10.3. The highest BCUT2D eigenvalue weighted by Gasteiger charge is 2.02. The van der Waals surface area contributed by atoms with E-state index in [0.717, 1.165) is 0 Å². The van der Waals surface area contributed by atoms with Crippen LogP contribution in [-0.4, -0.2) is 34.9 Å². The molecule has 0 aromatic carbocycles. The summed E-state index contributed by atoms with van der Waals surface area (Å²) in [4.78, 5) is 0. The summed E-state index contributed by atoms with van der Waals surface area (Å²) in [5.74, 6) is 0. The van der Waals surface area contributed by atoms with Crippen LogP contribution in [0.5, 0.6) is 0 Å². The van der Waals surface area contributed by atoms with Crippen LogP contribution in [0, 0.1) is 0 Å². The first-order chi connectivity index (χ1) is 5.92. The lowest BCUT2D eigenvalue weighted by molar-refractivity contribution is 0.242. The van der Waals surface area contributed by atoms with Gasteiger partial charge in [0.1, 0.15) is 0 Å². The average molecular weight is 233 g/mol. The Bertz CT molecular complexity index is 245. The van der Waals surface area contributed by atoms with Crippen LogP contribution < -0.4 is 0 Å². The molecule has 0 rings (SSSR count). The molecule has 0 heterocycles. The largest absolute Gasteiger partial charge is 0.750 e. The van der Waals surface area contributed by atoms with Crippen molar-refractivity contribution in [2.24, 2.45) is 0 Å². The minimum atomic E-state index is -4.39. The second kappa shape index (κ2) is 6.40. The molecule has 0 spiro atoms. The van der Waals surface area contributed by atoms with Crippen molar-refractivity contribution < 1.29 is 30.1 Å². The van der Waals surface area contributed by atoms with E-state index in [1.54, 1.807) is 0 Å². The molecular weight excluding hydrogens is 224 g/mol. The quantitative estimate of drug-likeness (QED) is 0.354. The van der Waals surface area contributed by atoms with Crippen LogP contribution >= 0.6 is 0 Å². The number of hydrogen-bond acceptors (Lipinski definition) is 6. The summed E-state index contributed by atoms with van der Waals surface area (Å²) in [7, 11) is -4.39. The van der Waals surface area contributed by atoms with Crippen LogP contribution in [-0.2, 0) is 30.1 Å². The molecule has 1 atom stereocenters. The summed E-state index contributed by atoms with van der Waals surface area (Å²) in [6.45, 7) is -0.237. The predicted molar refractivity (Wildman–Crippen MR) is 41.6 cm³/mol. The Kier molecular flexibility index (Phi) is 6.37. The van der Waals surface area contributed by atoms with Crippen molar-refractivity contribution in [2.75, 3.05) is 13.2 Å². The van der Waals surface area contributed by atoms with Gasteiger partial charge in [0.2, 0.25) is 0 Å². The van der Waals surface area contributed by atoms with Crippen LogP contribution in [0.4, 0.5) is 0 Å². The monoisotopic (exact) mass is 233 g/mol. The molecule has 0 fully saturated rings. The van der Waals surface area contributed by atoms with Crippen LogP contribution in [0.2, 0.25) is 0 Å². The molecule has 0 aliphatic heterocycles. The fraction of sp³-hybridized carbons (Fsp3) is 1.00. The molecule has 0 aromatic rings. The number of rotatable bonds is 7. The molecule has 0 aromatic heterocycles. The van der Waals surface area contributed by atoms with Crippen molar-refractivity contribution in [3.05, 3.63) is 0 Å². The Hall–Kier alpha value is -0.0600. The van der Waals surface area contributed by atoms with Crippen LogP contribution in [0.15, 0.2) is 0 Å². The summed E-state index contributed by atoms with van der Waals surface area (Å²) in [6.07, 6.45) is 0.598. The lowest BCUT2D eigenvalue weighted by Gasteiger charge is -2.04. The summed E-state index contributed by atoms with van der Waals surface area (Å²) >= 11 is -2.55. The predicted octanol–water partition coefficient (Wildman–Crippen LogP) is -0.603. The van der Waals surface area contributed by atoms with E-state index in [0.29, 0.717) is 6.42 Å². The second-order valence-corrected chi connectivity index (χ2v) is 3.72. The molecule has 0 aliphatic carbocycles. The van der Waals surface area contributed by atoms with Gasteiger partial charge < -0.3 is 8.74 Å². The first kappa shape index (κ1) is 12.9. The fourth-order valence-electron chi connectivity index (χ4n) is 0.495. The van der Waals surface area contributed by atoms with Crippen molar-refractivity contribution >= 4 is 21.8 Å². The zero-order valence-electron chi connectivity index (χ0n) is 6.54. The van der Waals surface area contributed by atoms with E-state index in [2.05, 4.69) is 8.37 Å². The van der Waals surface area contributed by atoms with Crippen molar-refractivity contribution in [3.63, 3.8) is 0 Å². The summed E-state index contributed by atoms with van der Waals surface area (Å²) in [6, 6.07) is 0. The van der Waals surface area contributed by atoms with Crippen molar-refractivity contribution in [2.45, 2.75) is 12.8 Å². The Morgan fingerprint density at radius 3 is 2.31 bits per heavy atom. The third kappa shape index (κ3) is 11.9. The number of unbranched alkanes of at least 4 members (excludes halogenated alkanes) is 1. The first-order valence-electron chi connectivity index (χ1n) is 3.26. The van der Waals surface area contributed by atoms with E-state index >= 15 is 0 Å². The maximum atomic E-state index is 9.98. The van der Waals surface area contributed by atoms with Gasteiger partial charge in [-0.1, -0.05) is 0 Å². The van der Waals surface area contributed by atoms with Gasteiger partial charge in [0.05, 0.1) is 24.6 Å². The topological polar surface area (TPSA) is 113 Å². The van der Waals surface area contributed by atoms with Gasteiger partial charge in [-0.2, -0.15) is 8.42 Å². The summed E-state index contributed by atoms with van der Waals surface area (Å²) in [5, 5.41) is 0. The maximum absolute atomic E-state index is 9.98. The molecule has 9 heteroatoms. The molecule has 0 saturated heterocycles. The molecule has 80 valence electrons. The summed E-state index contributed by atoms with van der Waals surface area (Å²) in [5.41, 5.74) is 0. The van der Waals surface area contributed by atoms with Gasteiger partial charge in [-0.15, -0.1) is 0 Å². The number of hydrogen-bond donors (Lipinski definition) is 1. The molecule has 0 bridgehead atoms. The first-order valence-corrected chi connectivity index (χ1v) is 5.63. The van der Waals surface area contributed by atoms with Gasteiger partial charge in [0.25, 0.3) is 0 Å². The third-order valence-electron chi connectivity index (χ3n) is 0.950. The second-order valence-electron chi connectivity index (χ2n) is 1.98. The maximum Gasteiger partial charge on any atom is 0.397 e. The van der Waals surface area contributed by atoms with E-state index in [9.17, 15) is 17.2 Å². The molecule has 0 amide bonds. The van der Waals surface area contributed by atoms with Gasteiger partial charge in [-0.25, -0.2) is 8.39 Å². The minimum Gasteiger partial charge on any atom is -0.750 e. The van der Waals surface area contributed by atoms with E-state index in [1.807, 2.05) is 0 Å². The molecule has 0 saturated carbocycles. The zero-order chi connectivity index (χ0) is 10.3. The highest BCUT2D eigenvalue weighted by molar-refractivity contribution is 7.80. The Balaban J connectivity index is 3.23. The van der Waals surface area contributed by atoms with Crippen molar-refractivity contribution in [3.8, 4) is 0 Å². The van der Waals surface area contributed by atoms with Crippen LogP contribution in [0.1, 0.15) is 12.8 Å². The minimum absolute atomic E-state index is 0.0368. The van der Waals surface area contributed by atoms with Gasteiger partial charge in [0.15, 0.2) is 0 Å². The Morgan fingerprint density at radius 2 is 1.85 bits per heavy atom. The van der Waals surface area contributed by atoms with Gasteiger partial charge in [-0.05, 0) is 12.8 Å². The molecule has 13 heavy (non-hydrogen) atoms. The molecule has 1 unspecified atom stereocenters. The van der Waals surface area contributed by atoms with Gasteiger partial charge in [0, 0.05) is 0 Å². The molecule has 7 nitrogen and oxygen atoms in total. The van der Waals surface area contributed by atoms with E-state index in [4.69, 9.17) is 4.55 Å². The van der Waals surface area contributed by atoms with Crippen molar-refractivity contribution in [1.82, 2.24) is 0 Å². The lowest BCUT2D eigenvalue weighted by Crippen LogP contribution is -2.06. The normalized spacial score (nSPS) is 14.3. The van der Waals surface area contributed by atoms with Crippen LogP contribution in [0.25, 0.3) is 0 Å². The van der Waals surface area contributed by atoms with E-state index in [-0.39, 0.29) is 19.6 Å². The van der Waals surface area contributed by atoms with E-state index < -0.39 is 21.8 Å². The highest BCUT2D eigenvalue weighted by Crippen LogP contribution is 1.95. The molecule has 0 radical (unpaired) electrons. The smallest absolute Gasteiger partial charge is 0.397 e. The standard InChI is InChI=1S/C4H10O7S2/c5-12(6)10-3-1-2-4-11-13(7,8)9/h1-4H2,(H,5,6)(H,7,8,9)/p-1.